The first kappa shape index (κ1) is 15.4. The number of benzene rings is 1. The first-order valence-electron chi connectivity index (χ1n) is 6.26. The molecule has 20 heavy (non-hydrogen) atoms. The van der Waals surface area contributed by atoms with Crippen molar-refractivity contribution in [3.63, 3.8) is 0 Å². The first-order chi connectivity index (χ1) is 9.11. The molecule has 2 nitrogen and oxygen atoms in total. The van der Waals surface area contributed by atoms with Gasteiger partial charge in [-0.3, -0.25) is 4.79 Å². The van der Waals surface area contributed by atoms with Gasteiger partial charge in [0.15, 0.2) is 0 Å². The van der Waals surface area contributed by atoms with Gasteiger partial charge in [0.05, 0.1) is 5.56 Å². The fraction of sp³-hybridized carbons (Fsp3) is 0.500. The molecule has 0 bridgehead atoms. The summed E-state index contributed by atoms with van der Waals surface area (Å²) in [6.45, 7) is 4.71. The van der Waals surface area contributed by atoms with Gasteiger partial charge < -0.3 is 5.32 Å². The lowest BCUT2D eigenvalue weighted by atomic mass is 10.1. The normalized spacial score (nSPS) is 20.6. The zero-order chi connectivity index (χ0) is 15.1. The number of carbonyl (C=O) groups is 1. The van der Waals surface area contributed by atoms with Gasteiger partial charge in [0.1, 0.15) is 0 Å². The van der Waals surface area contributed by atoms with Gasteiger partial charge in [0.2, 0.25) is 0 Å². The van der Waals surface area contributed by atoms with E-state index in [0.29, 0.717) is 12.5 Å². The van der Waals surface area contributed by atoms with Crippen LogP contribution >= 0.6 is 15.9 Å². The minimum atomic E-state index is -4.48. The largest absolute Gasteiger partial charge is 0.417 e. The molecule has 110 valence electrons. The Morgan fingerprint density at radius 1 is 1.45 bits per heavy atom. The van der Waals surface area contributed by atoms with E-state index in [1.54, 1.807) is 0 Å². The second-order valence-corrected chi connectivity index (χ2v) is 6.65. The second-order valence-electron chi connectivity index (χ2n) is 5.79. The quantitative estimate of drug-likeness (QED) is 0.868. The lowest BCUT2D eigenvalue weighted by Gasteiger charge is -2.11. The molecule has 0 radical (unpaired) electrons. The predicted octanol–water partition coefficient (Wildman–Crippen LogP) is 4.24. The van der Waals surface area contributed by atoms with Crippen molar-refractivity contribution in [1.29, 1.82) is 0 Å². The number of carbonyl (C=O) groups excluding carboxylic acids is 1. The molecule has 1 aromatic rings. The molecular weight excluding hydrogens is 335 g/mol. The second kappa shape index (κ2) is 5.06. The Morgan fingerprint density at radius 2 is 2.05 bits per heavy atom. The standard InChI is InChI=1S/C14H15BrF3NO/c1-13(2)6-9(13)7-19-12(20)8-3-4-11(15)10(5-8)14(16,17)18/h3-5,9H,6-7H2,1-2H3,(H,19,20). The third-order valence-corrected chi connectivity index (χ3v) is 4.45. The van der Waals surface area contributed by atoms with E-state index in [1.807, 2.05) is 0 Å². The Bertz CT molecular complexity index is 540. The highest BCUT2D eigenvalue weighted by Gasteiger charge is 2.45. The number of halogens is 4. The zero-order valence-corrected chi connectivity index (χ0v) is 12.7. The van der Waals surface area contributed by atoms with Gasteiger partial charge in [0.25, 0.3) is 5.91 Å². The van der Waals surface area contributed by atoms with Gasteiger partial charge in [-0.1, -0.05) is 29.8 Å². The summed E-state index contributed by atoms with van der Waals surface area (Å²) in [5.74, 6) is -0.0605. The number of amides is 1. The van der Waals surface area contributed by atoms with Crippen molar-refractivity contribution < 1.29 is 18.0 Å². The van der Waals surface area contributed by atoms with Gasteiger partial charge in [-0.2, -0.15) is 13.2 Å². The van der Waals surface area contributed by atoms with Crippen molar-refractivity contribution in [2.45, 2.75) is 26.4 Å². The van der Waals surface area contributed by atoms with E-state index in [2.05, 4.69) is 35.1 Å². The fourth-order valence-corrected chi connectivity index (χ4v) is 2.60. The summed E-state index contributed by atoms with van der Waals surface area (Å²) >= 11 is 2.85. The van der Waals surface area contributed by atoms with E-state index in [1.165, 1.54) is 12.1 Å². The van der Waals surface area contributed by atoms with Crippen LogP contribution in [0.5, 0.6) is 0 Å². The van der Waals surface area contributed by atoms with Crippen LogP contribution in [0.3, 0.4) is 0 Å². The van der Waals surface area contributed by atoms with Crippen LogP contribution in [0.2, 0.25) is 0 Å². The Kier molecular flexibility index (Phi) is 3.88. The van der Waals surface area contributed by atoms with Crippen molar-refractivity contribution in [2.75, 3.05) is 6.54 Å². The number of hydrogen-bond donors (Lipinski definition) is 1. The third kappa shape index (κ3) is 3.34. The molecule has 1 unspecified atom stereocenters. The first-order valence-corrected chi connectivity index (χ1v) is 7.05. The van der Waals surface area contributed by atoms with Crippen LogP contribution in [-0.2, 0) is 6.18 Å². The molecule has 2 rings (SSSR count). The summed E-state index contributed by atoms with van der Waals surface area (Å²) < 4.78 is 38.2. The minimum absolute atomic E-state index is 0.0268. The monoisotopic (exact) mass is 349 g/mol. The third-order valence-electron chi connectivity index (χ3n) is 3.76. The molecule has 0 heterocycles. The Hall–Kier alpha value is -1.04. The Balaban J connectivity index is 2.07. The van der Waals surface area contributed by atoms with Crippen molar-refractivity contribution in [3.8, 4) is 0 Å². The summed E-state index contributed by atoms with van der Waals surface area (Å²) in [5.41, 5.74) is -0.583. The molecule has 1 atom stereocenters. The smallest absolute Gasteiger partial charge is 0.352 e. The van der Waals surface area contributed by atoms with Crippen LogP contribution in [0.4, 0.5) is 13.2 Å². The van der Waals surface area contributed by atoms with Crippen LogP contribution in [-0.4, -0.2) is 12.5 Å². The Morgan fingerprint density at radius 3 is 2.55 bits per heavy atom. The maximum Gasteiger partial charge on any atom is 0.417 e. The highest BCUT2D eigenvalue weighted by atomic mass is 79.9. The zero-order valence-electron chi connectivity index (χ0n) is 11.1. The molecular formula is C14H15BrF3NO. The molecule has 0 aliphatic heterocycles. The lowest BCUT2D eigenvalue weighted by Crippen LogP contribution is -2.27. The highest BCUT2D eigenvalue weighted by Crippen LogP contribution is 2.51. The number of nitrogens with one attached hydrogen (secondary N) is 1. The van der Waals surface area contributed by atoms with Crippen molar-refractivity contribution in [1.82, 2.24) is 5.32 Å². The van der Waals surface area contributed by atoms with E-state index in [9.17, 15) is 18.0 Å². The van der Waals surface area contributed by atoms with E-state index < -0.39 is 17.6 Å². The van der Waals surface area contributed by atoms with Gasteiger partial charge in [0, 0.05) is 16.6 Å². The number of rotatable bonds is 3. The summed E-state index contributed by atoms with van der Waals surface area (Å²) in [7, 11) is 0. The molecule has 1 fully saturated rings. The SMILES string of the molecule is CC1(C)CC1CNC(=O)c1ccc(Br)c(C(F)(F)F)c1. The average Bonchev–Trinajstić information content (AvgIpc) is 2.93. The van der Waals surface area contributed by atoms with Crippen LogP contribution in [0.1, 0.15) is 36.2 Å². The van der Waals surface area contributed by atoms with Gasteiger partial charge in [-0.15, -0.1) is 0 Å². The molecule has 0 aromatic heterocycles. The molecule has 0 saturated heterocycles. The molecule has 6 heteroatoms. The molecule has 0 spiro atoms. The van der Waals surface area contributed by atoms with E-state index in [4.69, 9.17) is 0 Å². The summed E-state index contributed by atoms with van der Waals surface area (Å²) in [6.07, 6.45) is -3.45. The van der Waals surface area contributed by atoms with Gasteiger partial charge in [-0.25, -0.2) is 0 Å². The lowest BCUT2D eigenvalue weighted by molar-refractivity contribution is -0.138. The van der Waals surface area contributed by atoms with Gasteiger partial charge in [-0.05, 0) is 36.0 Å². The minimum Gasteiger partial charge on any atom is -0.352 e. The molecule has 1 amide bonds. The maximum absolute atomic E-state index is 12.8. The van der Waals surface area contributed by atoms with Crippen LogP contribution in [0.25, 0.3) is 0 Å². The van der Waals surface area contributed by atoms with Crippen molar-refractivity contribution in [3.05, 3.63) is 33.8 Å². The van der Waals surface area contributed by atoms with Crippen LogP contribution in [0.15, 0.2) is 22.7 Å². The fourth-order valence-electron chi connectivity index (χ4n) is 2.13. The molecule has 1 N–H and O–H groups in total. The van der Waals surface area contributed by atoms with Gasteiger partial charge >= 0.3 is 6.18 Å². The summed E-state index contributed by atoms with van der Waals surface area (Å²) in [5, 5.41) is 2.69. The van der Waals surface area contributed by atoms with Crippen LogP contribution in [0, 0.1) is 11.3 Å². The molecule has 1 saturated carbocycles. The molecule has 1 aliphatic carbocycles. The molecule has 1 aromatic carbocycles. The van der Waals surface area contributed by atoms with Crippen molar-refractivity contribution >= 4 is 21.8 Å². The maximum atomic E-state index is 12.8. The number of hydrogen-bond acceptors (Lipinski definition) is 1. The topological polar surface area (TPSA) is 29.1 Å². The summed E-state index contributed by atoms with van der Waals surface area (Å²) in [4.78, 5) is 11.9. The summed E-state index contributed by atoms with van der Waals surface area (Å²) in [6, 6.07) is 3.50. The van der Waals surface area contributed by atoms with Crippen LogP contribution < -0.4 is 5.32 Å². The van der Waals surface area contributed by atoms with E-state index in [-0.39, 0.29) is 15.5 Å². The van der Waals surface area contributed by atoms with E-state index in [0.717, 1.165) is 12.5 Å². The number of alkyl halides is 3. The Labute approximate surface area is 123 Å². The van der Waals surface area contributed by atoms with Crippen molar-refractivity contribution in [2.24, 2.45) is 11.3 Å². The average molecular weight is 350 g/mol. The van der Waals surface area contributed by atoms with E-state index >= 15 is 0 Å². The predicted molar refractivity (Wildman–Crippen MR) is 73.4 cm³/mol. The highest BCUT2D eigenvalue weighted by molar-refractivity contribution is 9.10. The molecule has 1 aliphatic rings.